The third kappa shape index (κ3) is 8.71. The standard InChI is InChI=1S/C22H49NO5Si2/c1-16(15-27-30(13,14)22(4,5)6)19(25-8)17(2)20(28-29(10,11)12)18(3)21(24)23(7)26-9/h16-20H,15H2,1-14H3/t16-,17-,18+,19+,20-/m1/s1. The van der Waals surface area contributed by atoms with Crippen molar-refractivity contribution in [3.63, 3.8) is 0 Å². The van der Waals surface area contributed by atoms with E-state index in [9.17, 15) is 4.79 Å². The molecule has 0 saturated heterocycles. The summed E-state index contributed by atoms with van der Waals surface area (Å²) in [4.78, 5) is 18.0. The molecule has 0 rings (SSSR count). The number of hydrogen-bond acceptors (Lipinski definition) is 5. The number of nitrogens with zero attached hydrogens (tertiary/aromatic N) is 1. The molecule has 8 heteroatoms. The van der Waals surface area contributed by atoms with Crippen LogP contribution in [0.15, 0.2) is 0 Å². The summed E-state index contributed by atoms with van der Waals surface area (Å²) in [5.41, 5.74) is 0. The van der Waals surface area contributed by atoms with Gasteiger partial charge in [-0.25, -0.2) is 5.06 Å². The van der Waals surface area contributed by atoms with Crippen LogP contribution in [-0.2, 0) is 23.2 Å². The van der Waals surface area contributed by atoms with Crippen molar-refractivity contribution in [2.45, 2.75) is 91.5 Å². The lowest BCUT2D eigenvalue weighted by atomic mass is 9.84. The van der Waals surface area contributed by atoms with Gasteiger partial charge < -0.3 is 13.6 Å². The van der Waals surface area contributed by atoms with Crippen LogP contribution < -0.4 is 0 Å². The lowest BCUT2D eigenvalue weighted by Crippen LogP contribution is -2.50. The second kappa shape index (κ2) is 11.6. The molecule has 0 bridgehead atoms. The molecule has 0 spiro atoms. The predicted octanol–water partition coefficient (Wildman–Crippen LogP) is 5.17. The number of carbonyl (C=O) groups excluding carboxylic acids is 1. The summed E-state index contributed by atoms with van der Waals surface area (Å²) >= 11 is 0. The fraction of sp³-hybridized carbons (Fsp3) is 0.955. The minimum absolute atomic E-state index is 0.0175. The van der Waals surface area contributed by atoms with Gasteiger partial charge in [-0.05, 0) is 37.8 Å². The molecule has 0 aromatic heterocycles. The van der Waals surface area contributed by atoms with E-state index in [0.717, 1.165) is 0 Å². The Labute approximate surface area is 188 Å². The first-order valence-electron chi connectivity index (χ1n) is 11.1. The highest BCUT2D eigenvalue weighted by Gasteiger charge is 2.41. The van der Waals surface area contributed by atoms with E-state index in [1.54, 1.807) is 14.2 Å². The SMILES string of the molecule is CO[C@H]([C@@H](C)[C@@H](O[Si](C)(C)C)[C@H](C)C(=O)N(C)OC)[C@H](C)CO[Si](C)(C)C(C)(C)C. The lowest BCUT2D eigenvalue weighted by Gasteiger charge is -2.41. The summed E-state index contributed by atoms with van der Waals surface area (Å²) in [6.45, 7) is 24.6. The third-order valence-electron chi connectivity index (χ3n) is 6.34. The average molecular weight is 464 g/mol. The first-order chi connectivity index (χ1) is 13.4. The summed E-state index contributed by atoms with van der Waals surface area (Å²) in [5.74, 6) is -0.242. The number of methoxy groups -OCH3 is 1. The summed E-state index contributed by atoms with van der Waals surface area (Å²) in [7, 11) is 1.14. The average Bonchev–Trinajstić information content (AvgIpc) is 2.61. The van der Waals surface area contributed by atoms with Crippen molar-refractivity contribution in [2.24, 2.45) is 17.8 Å². The molecule has 5 atom stereocenters. The van der Waals surface area contributed by atoms with Gasteiger partial charge in [0, 0.05) is 32.6 Å². The zero-order chi connectivity index (χ0) is 24.1. The van der Waals surface area contributed by atoms with E-state index in [0.29, 0.717) is 6.61 Å². The fourth-order valence-electron chi connectivity index (χ4n) is 3.39. The van der Waals surface area contributed by atoms with Gasteiger partial charge in [0.25, 0.3) is 5.91 Å². The largest absolute Gasteiger partial charge is 0.416 e. The molecule has 0 radical (unpaired) electrons. The number of ether oxygens (including phenoxy) is 1. The molecule has 0 heterocycles. The maximum atomic E-state index is 12.8. The van der Waals surface area contributed by atoms with Crippen LogP contribution in [0, 0.1) is 17.8 Å². The summed E-state index contributed by atoms with van der Waals surface area (Å²) < 4.78 is 18.9. The van der Waals surface area contributed by atoms with Gasteiger partial charge in [0.15, 0.2) is 16.6 Å². The Balaban J connectivity index is 5.59. The van der Waals surface area contributed by atoms with Crippen LogP contribution in [0.4, 0.5) is 0 Å². The van der Waals surface area contributed by atoms with Crippen LogP contribution in [0.25, 0.3) is 0 Å². The molecule has 180 valence electrons. The highest BCUT2D eigenvalue weighted by Crippen LogP contribution is 2.37. The molecule has 0 aromatic carbocycles. The zero-order valence-electron chi connectivity index (χ0n) is 22.1. The van der Waals surface area contributed by atoms with Crippen molar-refractivity contribution in [3.8, 4) is 0 Å². The Bertz CT molecular complexity index is 531. The molecule has 0 fully saturated rings. The van der Waals surface area contributed by atoms with Crippen LogP contribution in [-0.4, -0.2) is 67.7 Å². The molecule has 0 aromatic rings. The highest BCUT2D eigenvalue weighted by atomic mass is 28.4. The molecule has 6 nitrogen and oxygen atoms in total. The second-order valence-electron chi connectivity index (χ2n) is 11.1. The number of rotatable bonds is 12. The van der Waals surface area contributed by atoms with E-state index < -0.39 is 16.6 Å². The van der Waals surface area contributed by atoms with E-state index in [1.165, 1.54) is 12.2 Å². The van der Waals surface area contributed by atoms with Crippen LogP contribution in [0.5, 0.6) is 0 Å². The van der Waals surface area contributed by atoms with Gasteiger partial charge in [-0.3, -0.25) is 9.63 Å². The number of hydroxylamine groups is 2. The molecule has 1 amide bonds. The molecule has 0 aliphatic carbocycles. The Hall–Kier alpha value is -0.256. The third-order valence-corrected chi connectivity index (χ3v) is 11.8. The quantitative estimate of drug-likeness (QED) is 0.295. The molecular weight excluding hydrogens is 414 g/mol. The van der Waals surface area contributed by atoms with Gasteiger partial charge in [-0.1, -0.05) is 41.5 Å². The van der Waals surface area contributed by atoms with Crippen molar-refractivity contribution in [2.75, 3.05) is 27.9 Å². The molecular formula is C22H49NO5Si2. The Morgan fingerprint density at radius 3 is 1.83 bits per heavy atom. The summed E-state index contributed by atoms with van der Waals surface area (Å²) in [6.07, 6.45) is -0.346. The Morgan fingerprint density at radius 1 is 0.967 bits per heavy atom. The lowest BCUT2D eigenvalue weighted by molar-refractivity contribution is -0.178. The highest BCUT2D eigenvalue weighted by molar-refractivity contribution is 6.74. The summed E-state index contributed by atoms with van der Waals surface area (Å²) in [6, 6.07) is 0. The molecule has 30 heavy (non-hydrogen) atoms. The van der Waals surface area contributed by atoms with Gasteiger partial charge in [-0.15, -0.1) is 0 Å². The first-order valence-corrected chi connectivity index (χ1v) is 17.4. The monoisotopic (exact) mass is 463 g/mol. The van der Waals surface area contributed by atoms with E-state index in [1.807, 2.05) is 6.92 Å². The van der Waals surface area contributed by atoms with E-state index in [2.05, 4.69) is 67.4 Å². The molecule has 0 aliphatic heterocycles. The number of carbonyl (C=O) groups is 1. The molecule has 0 aliphatic rings. The molecule has 0 saturated carbocycles. The maximum Gasteiger partial charge on any atom is 0.251 e. The summed E-state index contributed by atoms with van der Waals surface area (Å²) in [5, 5.41) is 1.44. The smallest absolute Gasteiger partial charge is 0.251 e. The minimum Gasteiger partial charge on any atom is -0.416 e. The van der Waals surface area contributed by atoms with E-state index in [4.69, 9.17) is 18.4 Å². The van der Waals surface area contributed by atoms with Gasteiger partial charge in [0.05, 0.1) is 25.2 Å². The van der Waals surface area contributed by atoms with Crippen LogP contribution >= 0.6 is 0 Å². The van der Waals surface area contributed by atoms with Gasteiger partial charge in [0.1, 0.15) is 0 Å². The Kier molecular flexibility index (Phi) is 11.5. The zero-order valence-corrected chi connectivity index (χ0v) is 24.1. The maximum absolute atomic E-state index is 12.8. The van der Waals surface area contributed by atoms with Gasteiger partial charge in [-0.2, -0.15) is 0 Å². The van der Waals surface area contributed by atoms with Gasteiger partial charge in [0.2, 0.25) is 0 Å². The van der Waals surface area contributed by atoms with Crippen LogP contribution in [0.1, 0.15) is 41.5 Å². The first kappa shape index (κ1) is 29.7. The van der Waals surface area contributed by atoms with Crippen molar-refractivity contribution >= 4 is 22.5 Å². The second-order valence-corrected chi connectivity index (χ2v) is 20.4. The van der Waals surface area contributed by atoms with Crippen molar-refractivity contribution in [1.82, 2.24) is 5.06 Å². The fourth-order valence-corrected chi connectivity index (χ4v) is 5.74. The van der Waals surface area contributed by atoms with Crippen molar-refractivity contribution in [3.05, 3.63) is 0 Å². The van der Waals surface area contributed by atoms with Crippen LogP contribution in [0.2, 0.25) is 37.8 Å². The normalized spacial score (nSPS) is 18.5. The minimum atomic E-state index is -1.89. The molecule has 0 unspecified atom stereocenters. The number of hydrogen-bond donors (Lipinski definition) is 0. The van der Waals surface area contributed by atoms with Gasteiger partial charge >= 0.3 is 0 Å². The molecule has 0 N–H and O–H groups in total. The number of amides is 1. The van der Waals surface area contributed by atoms with Crippen molar-refractivity contribution in [1.29, 1.82) is 0 Å². The Morgan fingerprint density at radius 2 is 1.47 bits per heavy atom. The van der Waals surface area contributed by atoms with Crippen molar-refractivity contribution < 1.29 is 23.2 Å². The van der Waals surface area contributed by atoms with Crippen LogP contribution in [0.3, 0.4) is 0 Å². The topological polar surface area (TPSA) is 57.2 Å². The van der Waals surface area contributed by atoms with E-state index >= 15 is 0 Å². The predicted molar refractivity (Wildman–Crippen MR) is 129 cm³/mol. The van der Waals surface area contributed by atoms with E-state index in [-0.39, 0.29) is 40.9 Å².